The van der Waals surface area contributed by atoms with Crippen LogP contribution >= 0.6 is 0 Å². The summed E-state index contributed by atoms with van der Waals surface area (Å²) in [6, 6.07) is 15.0. The number of hydrogen-bond acceptors (Lipinski definition) is 6. The van der Waals surface area contributed by atoms with Crippen molar-refractivity contribution in [3.63, 3.8) is 0 Å². The molecule has 1 aromatic heterocycles. The average molecular weight is 437 g/mol. The molecule has 1 aliphatic rings. The quantitative estimate of drug-likeness (QED) is 0.451. The number of hydrogen-bond donors (Lipinski definition) is 4. The van der Waals surface area contributed by atoms with Gasteiger partial charge >= 0.3 is 0 Å². The van der Waals surface area contributed by atoms with Crippen LogP contribution in [-0.2, 0) is 4.79 Å². The van der Waals surface area contributed by atoms with Crippen LogP contribution in [-0.4, -0.2) is 46.4 Å². The second kappa shape index (κ2) is 9.93. The van der Waals surface area contributed by atoms with Gasteiger partial charge in [0.15, 0.2) is 0 Å². The first-order valence-corrected chi connectivity index (χ1v) is 10.9. The molecule has 2 aromatic carbocycles. The minimum Gasteiger partial charge on any atom is -0.394 e. The number of aliphatic hydroxyl groups excluding tert-OH is 2. The molecule has 4 N–H and O–H groups in total. The molecule has 4 rings (SSSR count). The molecule has 1 saturated carbocycles. The lowest BCUT2D eigenvalue weighted by molar-refractivity contribution is -0.126. The van der Waals surface area contributed by atoms with E-state index in [0.717, 1.165) is 25.7 Å². The highest BCUT2D eigenvalue weighted by molar-refractivity contribution is 6.10. The zero-order valence-electron chi connectivity index (χ0n) is 17.7. The molecule has 8 nitrogen and oxygen atoms in total. The Morgan fingerprint density at radius 3 is 2.50 bits per heavy atom. The van der Waals surface area contributed by atoms with E-state index in [1.54, 1.807) is 12.1 Å². The molecule has 0 saturated heterocycles. The summed E-state index contributed by atoms with van der Waals surface area (Å²) in [7, 11) is 0. The van der Waals surface area contributed by atoms with Gasteiger partial charge in [0, 0.05) is 18.2 Å². The molecule has 2 amide bonds. The van der Waals surface area contributed by atoms with E-state index in [1.165, 1.54) is 5.56 Å². The van der Waals surface area contributed by atoms with Gasteiger partial charge in [0.05, 0.1) is 18.1 Å². The van der Waals surface area contributed by atoms with E-state index < -0.39 is 6.10 Å². The molecule has 1 atom stereocenters. The predicted octanol–water partition coefficient (Wildman–Crippen LogP) is 2.82. The summed E-state index contributed by atoms with van der Waals surface area (Å²) in [6.45, 7) is -0.287. The number of fused-ring (bicyclic) bond motifs is 1. The molecule has 1 heterocycles. The molecule has 1 fully saturated rings. The summed E-state index contributed by atoms with van der Waals surface area (Å²) >= 11 is 0. The fourth-order valence-corrected chi connectivity index (χ4v) is 4.20. The molecule has 168 valence electrons. The third-order valence-electron chi connectivity index (χ3n) is 6.05. The number of aliphatic hydroxyl groups is 2. The zero-order chi connectivity index (χ0) is 22.5. The standard InChI is InChI=1S/C24H27N3O5/c28-14-19(29)13-25-23(30)17-7-5-15(6-8-17)16-9-11-18(12-10-16)26-24(31)22-20-3-1-2-4-21(20)27-32-22/h1-4,9-12,15,17,19,28-29H,5-8,13-14H2,(H,25,30)(H,26,31). The van der Waals surface area contributed by atoms with Gasteiger partial charge in [0.25, 0.3) is 5.91 Å². The lowest BCUT2D eigenvalue weighted by Gasteiger charge is -2.28. The Morgan fingerprint density at radius 1 is 1.06 bits per heavy atom. The molecule has 8 heteroatoms. The highest BCUT2D eigenvalue weighted by atomic mass is 16.5. The number of nitrogens with one attached hydrogen (secondary N) is 2. The second-order valence-electron chi connectivity index (χ2n) is 8.24. The van der Waals surface area contributed by atoms with E-state index in [2.05, 4.69) is 15.8 Å². The maximum Gasteiger partial charge on any atom is 0.294 e. The minimum atomic E-state index is -0.919. The van der Waals surface area contributed by atoms with Crippen LogP contribution in [0.3, 0.4) is 0 Å². The number of benzene rings is 2. The average Bonchev–Trinajstić information content (AvgIpc) is 3.27. The molecule has 3 aromatic rings. The van der Waals surface area contributed by atoms with Gasteiger partial charge in [-0.1, -0.05) is 29.4 Å². The van der Waals surface area contributed by atoms with Crippen LogP contribution in [0.15, 0.2) is 53.1 Å². The van der Waals surface area contributed by atoms with Crippen LogP contribution in [0.5, 0.6) is 0 Å². The Labute approximate surface area is 185 Å². The van der Waals surface area contributed by atoms with Gasteiger partial charge in [-0.3, -0.25) is 9.59 Å². The molecule has 0 bridgehead atoms. The van der Waals surface area contributed by atoms with Crippen molar-refractivity contribution in [2.45, 2.75) is 37.7 Å². The van der Waals surface area contributed by atoms with Crippen LogP contribution in [0.25, 0.3) is 10.9 Å². The number of carbonyl (C=O) groups excluding carboxylic acids is 2. The summed E-state index contributed by atoms with van der Waals surface area (Å²) in [4.78, 5) is 24.8. The van der Waals surface area contributed by atoms with Crippen molar-refractivity contribution in [2.24, 2.45) is 5.92 Å². The topological polar surface area (TPSA) is 125 Å². The van der Waals surface area contributed by atoms with Crippen LogP contribution < -0.4 is 10.6 Å². The first kappa shape index (κ1) is 22.0. The summed E-state index contributed by atoms with van der Waals surface area (Å²) in [5, 5.41) is 28.4. The molecule has 1 unspecified atom stereocenters. The lowest BCUT2D eigenvalue weighted by atomic mass is 9.78. The summed E-state index contributed by atoms with van der Waals surface area (Å²) in [6.07, 6.45) is 2.44. The Morgan fingerprint density at radius 2 is 1.78 bits per heavy atom. The van der Waals surface area contributed by atoms with Crippen LogP contribution in [0.4, 0.5) is 5.69 Å². The second-order valence-corrected chi connectivity index (χ2v) is 8.24. The minimum absolute atomic E-state index is 0.0612. The fraction of sp³-hybridized carbons (Fsp3) is 0.375. The summed E-state index contributed by atoms with van der Waals surface area (Å²) < 4.78 is 5.21. The van der Waals surface area contributed by atoms with E-state index >= 15 is 0 Å². The fourth-order valence-electron chi connectivity index (χ4n) is 4.20. The largest absolute Gasteiger partial charge is 0.394 e. The van der Waals surface area contributed by atoms with Gasteiger partial charge in [-0.15, -0.1) is 0 Å². The zero-order valence-corrected chi connectivity index (χ0v) is 17.7. The number of aromatic nitrogens is 1. The normalized spacial score (nSPS) is 19.4. The third-order valence-corrected chi connectivity index (χ3v) is 6.05. The van der Waals surface area contributed by atoms with Crippen molar-refractivity contribution >= 4 is 28.4 Å². The number of nitrogens with zero attached hydrogens (tertiary/aromatic N) is 1. The SMILES string of the molecule is O=C(Nc1ccc(C2CCC(C(=O)NCC(O)CO)CC2)cc1)c1onc2ccccc12. The Bertz CT molecular complexity index is 1070. The van der Waals surface area contributed by atoms with E-state index in [0.29, 0.717) is 22.5 Å². The number of rotatable bonds is 7. The third kappa shape index (κ3) is 4.98. The molecule has 1 aliphatic carbocycles. The van der Waals surface area contributed by atoms with Crippen molar-refractivity contribution in [3.05, 3.63) is 59.9 Å². The van der Waals surface area contributed by atoms with Gasteiger partial charge in [-0.2, -0.15) is 0 Å². The number of anilines is 1. The maximum absolute atomic E-state index is 12.6. The molecule has 0 radical (unpaired) electrons. The van der Waals surface area contributed by atoms with E-state index in [1.807, 2.05) is 36.4 Å². The van der Waals surface area contributed by atoms with Gasteiger partial charge < -0.3 is 25.4 Å². The molecular weight excluding hydrogens is 410 g/mol. The number of carbonyl (C=O) groups is 2. The number of amides is 2. The van der Waals surface area contributed by atoms with Gasteiger partial charge in [0.2, 0.25) is 11.7 Å². The Kier molecular flexibility index (Phi) is 6.82. The molecule has 0 spiro atoms. The van der Waals surface area contributed by atoms with E-state index in [4.69, 9.17) is 9.63 Å². The summed E-state index contributed by atoms with van der Waals surface area (Å²) in [5.74, 6) is 0.0866. The molecular formula is C24H27N3O5. The first-order chi connectivity index (χ1) is 15.5. The maximum atomic E-state index is 12.6. The van der Waals surface area contributed by atoms with Crippen molar-refractivity contribution in [3.8, 4) is 0 Å². The predicted molar refractivity (Wildman–Crippen MR) is 119 cm³/mol. The molecule has 32 heavy (non-hydrogen) atoms. The first-order valence-electron chi connectivity index (χ1n) is 10.9. The van der Waals surface area contributed by atoms with Crippen molar-refractivity contribution in [2.75, 3.05) is 18.5 Å². The summed E-state index contributed by atoms with van der Waals surface area (Å²) in [5.41, 5.74) is 2.50. The highest BCUT2D eigenvalue weighted by Crippen LogP contribution is 2.36. The Balaban J connectivity index is 1.30. The van der Waals surface area contributed by atoms with Crippen molar-refractivity contribution in [1.29, 1.82) is 0 Å². The van der Waals surface area contributed by atoms with Crippen LogP contribution in [0, 0.1) is 5.92 Å². The van der Waals surface area contributed by atoms with Gasteiger partial charge in [-0.05, 0) is 61.4 Å². The van der Waals surface area contributed by atoms with Crippen LogP contribution in [0.1, 0.15) is 47.7 Å². The van der Waals surface area contributed by atoms with E-state index in [-0.39, 0.29) is 36.6 Å². The Hall–Kier alpha value is -3.23. The van der Waals surface area contributed by atoms with E-state index in [9.17, 15) is 14.7 Å². The van der Waals surface area contributed by atoms with Crippen molar-refractivity contribution < 1.29 is 24.3 Å². The molecule has 0 aliphatic heterocycles. The van der Waals surface area contributed by atoms with Gasteiger partial charge in [0.1, 0.15) is 5.52 Å². The lowest BCUT2D eigenvalue weighted by Crippen LogP contribution is -2.38. The van der Waals surface area contributed by atoms with Crippen LogP contribution in [0.2, 0.25) is 0 Å². The monoisotopic (exact) mass is 437 g/mol. The van der Waals surface area contributed by atoms with Crippen molar-refractivity contribution in [1.82, 2.24) is 10.5 Å². The smallest absolute Gasteiger partial charge is 0.294 e. The highest BCUT2D eigenvalue weighted by Gasteiger charge is 2.27. The van der Waals surface area contributed by atoms with Gasteiger partial charge in [-0.25, -0.2) is 0 Å².